The van der Waals surface area contributed by atoms with Crippen molar-refractivity contribution in [3.63, 3.8) is 0 Å². The minimum absolute atomic E-state index is 0.108. The SMILES string of the molecule is CCCC(C)CC(NN)c1ccc(C(F)(F)F)cc1. The van der Waals surface area contributed by atoms with Crippen LogP contribution in [0.5, 0.6) is 0 Å². The Kier molecular flexibility index (Phi) is 5.82. The van der Waals surface area contributed by atoms with Gasteiger partial charge in [0.2, 0.25) is 0 Å². The maximum atomic E-state index is 12.5. The van der Waals surface area contributed by atoms with Crippen LogP contribution in [0.4, 0.5) is 13.2 Å². The highest BCUT2D eigenvalue weighted by Crippen LogP contribution is 2.31. The van der Waals surface area contributed by atoms with E-state index >= 15 is 0 Å². The Hall–Kier alpha value is -1.07. The molecule has 0 aliphatic carbocycles. The molecule has 0 aliphatic rings. The maximum absolute atomic E-state index is 12.5. The highest BCUT2D eigenvalue weighted by Gasteiger charge is 2.30. The van der Waals surface area contributed by atoms with Crippen LogP contribution in [-0.2, 0) is 6.18 Å². The standard InChI is InChI=1S/C14H21F3N2/c1-3-4-10(2)9-13(19-18)11-5-7-12(8-6-11)14(15,16)17/h5-8,10,13,19H,3-4,9,18H2,1-2H3. The molecule has 0 amide bonds. The Labute approximate surface area is 112 Å². The third kappa shape index (κ3) is 4.84. The molecule has 1 rings (SSSR count). The lowest BCUT2D eigenvalue weighted by Gasteiger charge is -2.21. The molecular formula is C14H21F3N2. The topological polar surface area (TPSA) is 38.0 Å². The number of rotatable bonds is 6. The lowest BCUT2D eigenvalue weighted by Crippen LogP contribution is -2.29. The van der Waals surface area contributed by atoms with Gasteiger partial charge in [-0.2, -0.15) is 13.2 Å². The van der Waals surface area contributed by atoms with Crippen molar-refractivity contribution < 1.29 is 13.2 Å². The van der Waals surface area contributed by atoms with Crippen LogP contribution in [0.15, 0.2) is 24.3 Å². The number of hydrogen-bond acceptors (Lipinski definition) is 2. The van der Waals surface area contributed by atoms with E-state index < -0.39 is 11.7 Å². The van der Waals surface area contributed by atoms with Crippen LogP contribution >= 0.6 is 0 Å². The molecule has 2 nitrogen and oxygen atoms in total. The number of nitrogens with two attached hydrogens (primary N) is 1. The molecule has 5 heteroatoms. The van der Waals surface area contributed by atoms with Crippen molar-refractivity contribution in [2.24, 2.45) is 11.8 Å². The summed E-state index contributed by atoms with van der Waals surface area (Å²) in [6.07, 6.45) is -1.31. The smallest absolute Gasteiger partial charge is 0.271 e. The fourth-order valence-corrected chi connectivity index (χ4v) is 2.22. The van der Waals surface area contributed by atoms with Gasteiger partial charge in [-0.15, -0.1) is 0 Å². The van der Waals surface area contributed by atoms with E-state index in [0.717, 1.165) is 37.0 Å². The molecule has 108 valence electrons. The van der Waals surface area contributed by atoms with Crippen molar-refractivity contribution in [2.45, 2.75) is 45.3 Å². The number of nitrogens with one attached hydrogen (secondary N) is 1. The predicted octanol–water partition coefficient (Wildman–Crippen LogP) is 4.04. The Bertz CT molecular complexity index is 373. The molecule has 0 aromatic heterocycles. The molecule has 0 bridgehead atoms. The summed E-state index contributed by atoms with van der Waals surface area (Å²) in [7, 11) is 0. The third-order valence-corrected chi connectivity index (χ3v) is 3.26. The van der Waals surface area contributed by atoms with E-state index in [0.29, 0.717) is 5.92 Å². The Balaban J connectivity index is 2.77. The summed E-state index contributed by atoms with van der Waals surface area (Å²) in [5, 5.41) is 0. The van der Waals surface area contributed by atoms with Gasteiger partial charge in [-0.1, -0.05) is 38.8 Å². The van der Waals surface area contributed by atoms with E-state index in [1.807, 2.05) is 0 Å². The molecule has 0 spiro atoms. The van der Waals surface area contributed by atoms with Crippen molar-refractivity contribution in [1.82, 2.24) is 5.43 Å². The van der Waals surface area contributed by atoms with Crippen LogP contribution in [0.1, 0.15) is 50.3 Å². The van der Waals surface area contributed by atoms with Crippen LogP contribution < -0.4 is 11.3 Å². The average molecular weight is 274 g/mol. The van der Waals surface area contributed by atoms with Crippen molar-refractivity contribution in [3.05, 3.63) is 35.4 Å². The molecule has 2 atom stereocenters. The van der Waals surface area contributed by atoms with E-state index in [9.17, 15) is 13.2 Å². The van der Waals surface area contributed by atoms with Crippen LogP contribution in [0.25, 0.3) is 0 Å². The number of hydrazine groups is 1. The van der Waals surface area contributed by atoms with Crippen LogP contribution in [0, 0.1) is 5.92 Å². The average Bonchev–Trinajstić information content (AvgIpc) is 2.35. The van der Waals surface area contributed by atoms with Gasteiger partial charge >= 0.3 is 6.18 Å². The van der Waals surface area contributed by atoms with Gasteiger partial charge in [0.05, 0.1) is 5.56 Å². The normalized spacial score (nSPS) is 15.3. The number of benzene rings is 1. The quantitative estimate of drug-likeness (QED) is 0.607. The molecule has 0 heterocycles. The molecule has 2 unspecified atom stereocenters. The molecule has 1 aromatic carbocycles. The number of hydrogen-bond donors (Lipinski definition) is 2. The summed E-state index contributed by atoms with van der Waals surface area (Å²) >= 11 is 0. The summed E-state index contributed by atoms with van der Waals surface area (Å²) < 4.78 is 37.4. The van der Waals surface area contributed by atoms with Gasteiger partial charge in [0, 0.05) is 6.04 Å². The first-order valence-corrected chi connectivity index (χ1v) is 6.51. The van der Waals surface area contributed by atoms with Gasteiger partial charge in [0.25, 0.3) is 0 Å². The highest BCUT2D eigenvalue weighted by atomic mass is 19.4. The molecule has 0 radical (unpaired) electrons. The van der Waals surface area contributed by atoms with E-state index in [2.05, 4.69) is 19.3 Å². The second-order valence-electron chi connectivity index (χ2n) is 4.97. The highest BCUT2D eigenvalue weighted by molar-refractivity contribution is 5.26. The Morgan fingerprint density at radius 1 is 1.21 bits per heavy atom. The second kappa shape index (κ2) is 6.91. The largest absolute Gasteiger partial charge is 0.416 e. The molecule has 19 heavy (non-hydrogen) atoms. The molecule has 3 N–H and O–H groups in total. The van der Waals surface area contributed by atoms with Gasteiger partial charge in [0.15, 0.2) is 0 Å². The van der Waals surface area contributed by atoms with Gasteiger partial charge in [-0.3, -0.25) is 11.3 Å². The van der Waals surface area contributed by atoms with Crippen molar-refractivity contribution in [2.75, 3.05) is 0 Å². The molecule has 0 saturated heterocycles. The first kappa shape index (κ1) is 16.0. The van der Waals surface area contributed by atoms with Gasteiger partial charge in [-0.05, 0) is 30.0 Å². The van der Waals surface area contributed by atoms with E-state index in [1.54, 1.807) is 0 Å². The van der Waals surface area contributed by atoms with Crippen molar-refractivity contribution in [1.29, 1.82) is 0 Å². The second-order valence-corrected chi connectivity index (χ2v) is 4.97. The minimum Gasteiger partial charge on any atom is -0.271 e. The van der Waals surface area contributed by atoms with Crippen molar-refractivity contribution >= 4 is 0 Å². The zero-order valence-electron chi connectivity index (χ0n) is 11.3. The zero-order chi connectivity index (χ0) is 14.5. The Morgan fingerprint density at radius 2 is 1.79 bits per heavy atom. The van der Waals surface area contributed by atoms with Crippen LogP contribution in [0.2, 0.25) is 0 Å². The summed E-state index contributed by atoms with van der Waals surface area (Å²) in [5.41, 5.74) is 2.84. The predicted molar refractivity (Wildman–Crippen MR) is 70.2 cm³/mol. The third-order valence-electron chi connectivity index (χ3n) is 3.26. The van der Waals surface area contributed by atoms with Gasteiger partial charge in [-0.25, -0.2) is 0 Å². The monoisotopic (exact) mass is 274 g/mol. The molecule has 0 saturated carbocycles. The fraction of sp³-hybridized carbons (Fsp3) is 0.571. The number of alkyl halides is 3. The summed E-state index contributed by atoms with van der Waals surface area (Å²) in [4.78, 5) is 0. The fourth-order valence-electron chi connectivity index (χ4n) is 2.22. The van der Waals surface area contributed by atoms with E-state index in [4.69, 9.17) is 5.84 Å². The van der Waals surface area contributed by atoms with E-state index in [1.165, 1.54) is 12.1 Å². The van der Waals surface area contributed by atoms with Gasteiger partial charge < -0.3 is 0 Å². The molecule has 0 aliphatic heterocycles. The summed E-state index contributed by atoms with van der Waals surface area (Å²) in [5.74, 6) is 5.98. The van der Waals surface area contributed by atoms with E-state index in [-0.39, 0.29) is 6.04 Å². The summed E-state index contributed by atoms with van der Waals surface area (Å²) in [6, 6.07) is 5.08. The lowest BCUT2D eigenvalue weighted by molar-refractivity contribution is -0.137. The number of halogens is 3. The summed E-state index contributed by atoms with van der Waals surface area (Å²) in [6.45, 7) is 4.23. The zero-order valence-corrected chi connectivity index (χ0v) is 11.3. The first-order chi connectivity index (χ1) is 8.88. The first-order valence-electron chi connectivity index (χ1n) is 6.51. The molecule has 1 aromatic rings. The Morgan fingerprint density at radius 3 is 2.21 bits per heavy atom. The lowest BCUT2D eigenvalue weighted by atomic mass is 9.93. The van der Waals surface area contributed by atoms with Crippen molar-refractivity contribution in [3.8, 4) is 0 Å². The maximum Gasteiger partial charge on any atom is 0.416 e. The van der Waals surface area contributed by atoms with Crippen LogP contribution in [-0.4, -0.2) is 0 Å². The molecule has 0 fully saturated rings. The van der Waals surface area contributed by atoms with Crippen LogP contribution in [0.3, 0.4) is 0 Å². The molecular weight excluding hydrogens is 253 g/mol. The minimum atomic E-state index is -4.29. The van der Waals surface area contributed by atoms with Gasteiger partial charge in [0.1, 0.15) is 0 Å².